The summed E-state index contributed by atoms with van der Waals surface area (Å²) in [6.07, 6.45) is 3.47. The molecule has 2 heterocycles. The molecule has 7 nitrogen and oxygen atoms in total. The van der Waals surface area contributed by atoms with Crippen LogP contribution in [0.4, 0.5) is 10.1 Å². The summed E-state index contributed by atoms with van der Waals surface area (Å²) in [6, 6.07) is 6.47. The van der Waals surface area contributed by atoms with Crippen molar-refractivity contribution in [3.8, 4) is 0 Å². The van der Waals surface area contributed by atoms with Gasteiger partial charge in [-0.2, -0.15) is 5.10 Å². The molecule has 0 saturated heterocycles. The molecule has 146 valence electrons. The summed E-state index contributed by atoms with van der Waals surface area (Å²) in [7, 11) is 0. The van der Waals surface area contributed by atoms with Crippen molar-refractivity contribution in [1.82, 2.24) is 20.1 Å². The molecule has 0 aliphatic rings. The van der Waals surface area contributed by atoms with E-state index in [0.717, 1.165) is 5.01 Å². The maximum atomic E-state index is 13.6. The fourth-order valence-electron chi connectivity index (χ4n) is 2.69. The highest BCUT2D eigenvalue weighted by Crippen LogP contribution is 2.18. The second-order valence-electron chi connectivity index (χ2n) is 6.22. The number of hydrogen-bond acceptors (Lipinski definition) is 5. The summed E-state index contributed by atoms with van der Waals surface area (Å²) in [5.41, 5.74) is 1.73. The monoisotopic (exact) mass is 401 g/mol. The zero-order valence-electron chi connectivity index (χ0n) is 15.5. The van der Waals surface area contributed by atoms with E-state index in [-0.39, 0.29) is 24.2 Å². The Bertz CT molecular complexity index is 998. The minimum Gasteiger partial charge on any atom is -0.354 e. The molecule has 0 fully saturated rings. The standard InChI is InChI=1S/C19H20FN5O2S/c1-12-18(28-13(2)23-12)19(27)24-15-9-22-25(10-15)11-17(26)21-8-7-14-5-3-4-6-16(14)20/h3-6,9-10H,7-8,11H2,1-2H3,(H,21,26)(H,24,27). The average molecular weight is 401 g/mol. The molecule has 2 aromatic heterocycles. The molecule has 0 radical (unpaired) electrons. The van der Waals surface area contributed by atoms with Crippen LogP contribution in [-0.2, 0) is 17.8 Å². The lowest BCUT2D eigenvalue weighted by Gasteiger charge is -2.06. The van der Waals surface area contributed by atoms with Gasteiger partial charge in [0.2, 0.25) is 5.91 Å². The summed E-state index contributed by atoms with van der Waals surface area (Å²) in [5.74, 6) is -0.779. The Morgan fingerprint density at radius 1 is 1.25 bits per heavy atom. The van der Waals surface area contributed by atoms with Crippen LogP contribution in [-0.4, -0.2) is 33.1 Å². The Morgan fingerprint density at radius 3 is 2.75 bits per heavy atom. The summed E-state index contributed by atoms with van der Waals surface area (Å²) in [5, 5.41) is 10.4. The fraction of sp³-hybridized carbons (Fsp3) is 0.263. The molecular weight excluding hydrogens is 381 g/mol. The van der Waals surface area contributed by atoms with Gasteiger partial charge in [0.05, 0.1) is 22.6 Å². The second kappa shape index (κ2) is 8.75. The zero-order valence-corrected chi connectivity index (χ0v) is 16.3. The third-order valence-electron chi connectivity index (χ3n) is 3.98. The van der Waals surface area contributed by atoms with Crippen LogP contribution in [0.3, 0.4) is 0 Å². The molecule has 0 aliphatic carbocycles. The molecule has 0 spiro atoms. The first-order valence-corrected chi connectivity index (χ1v) is 9.52. The first kappa shape index (κ1) is 19.7. The van der Waals surface area contributed by atoms with Crippen LogP contribution in [0.5, 0.6) is 0 Å². The number of hydrogen-bond donors (Lipinski definition) is 2. The number of aromatic nitrogens is 3. The number of carbonyl (C=O) groups excluding carboxylic acids is 2. The molecule has 9 heteroatoms. The first-order chi connectivity index (χ1) is 13.4. The summed E-state index contributed by atoms with van der Waals surface area (Å²) < 4.78 is 15.0. The van der Waals surface area contributed by atoms with Gasteiger partial charge in [0.25, 0.3) is 5.91 Å². The van der Waals surface area contributed by atoms with E-state index in [4.69, 9.17) is 0 Å². The Labute approximate surface area is 165 Å². The molecule has 2 amide bonds. The SMILES string of the molecule is Cc1nc(C)c(C(=O)Nc2cnn(CC(=O)NCCc3ccccc3F)c2)s1. The number of benzene rings is 1. The number of amides is 2. The molecule has 0 unspecified atom stereocenters. The molecular formula is C19H20FN5O2S. The van der Waals surface area contributed by atoms with Gasteiger partial charge in [-0.3, -0.25) is 14.3 Å². The van der Waals surface area contributed by atoms with E-state index in [1.807, 2.05) is 6.92 Å². The van der Waals surface area contributed by atoms with Gasteiger partial charge in [0, 0.05) is 12.7 Å². The lowest BCUT2D eigenvalue weighted by molar-refractivity contribution is -0.121. The van der Waals surface area contributed by atoms with Crippen molar-refractivity contribution in [1.29, 1.82) is 0 Å². The first-order valence-electron chi connectivity index (χ1n) is 8.70. The van der Waals surface area contributed by atoms with E-state index in [9.17, 15) is 14.0 Å². The normalized spacial score (nSPS) is 10.7. The Hall–Kier alpha value is -3.07. The predicted octanol–water partition coefficient (Wildman–Crippen LogP) is 2.71. The lowest BCUT2D eigenvalue weighted by atomic mass is 10.1. The van der Waals surface area contributed by atoms with Crippen LogP contribution in [0.15, 0.2) is 36.7 Å². The molecule has 28 heavy (non-hydrogen) atoms. The summed E-state index contributed by atoms with van der Waals surface area (Å²) >= 11 is 1.33. The lowest BCUT2D eigenvalue weighted by Crippen LogP contribution is -2.29. The second-order valence-corrected chi connectivity index (χ2v) is 7.42. The number of thiazole rings is 1. The largest absolute Gasteiger partial charge is 0.354 e. The Kier molecular flexibility index (Phi) is 6.15. The van der Waals surface area contributed by atoms with E-state index >= 15 is 0 Å². The highest BCUT2D eigenvalue weighted by atomic mass is 32.1. The number of halogens is 1. The van der Waals surface area contributed by atoms with Crippen LogP contribution in [0.25, 0.3) is 0 Å². The minimum atomic E-state index is -0.282. The Balaban J connectivity index is 1.48. The van der Waals surface area contributed by atoms with Crippen molar-refractivity contribution < 1.29 is 14.0 Å². The van der Waals surface area contributed by atoms with Crippen LogP contribution in [0.1, 0.15) is 25.9 Å². The van der Waals surface area contributed by atoms with Gasteiger partial charge in [0.1, 0.15) is 17.2 Å². The average Bonchev–Trinajstić information content (AvgIpc) is 3.22. The highest BCUT2D eigenvalue weighted by molar-refractivity contribution is 7.13. The number of anilines is 1. The molecule has 2 N–H and O–H groups in total. The van der Waals surface area contributed by atoms with Gasteiger partial charge in [-0.25, -0.2) is 9.37 Å². The quantitative estimate of drug-likeness (QED) is 0.637. The zero-order chi connectivity index (χ0) is 20.1. The van der Waals surface area contributed by atoms with Gasteiger partial charge in [-0.15, -0.1) is 11.3 Å². The molecule has 0 saturated carbocycles. The molecule has 0 atom stereocenters. The van der Waals surface area contributed by atoms with Crippen molar-refractivity contribution in [2.24, 2.45) is 0 Å². The van der Waals surface area contributed by atoms with Crippen LogP contribution < -0.4 is 10.6 Å². The molecule has 1 aromatic carbocycles. The summed E-state index contributed by atoms with van der Waals surface area (Å²) in [4.78, 5) is 29.1. The maximum absolute atomic E-state index is 13.6. The van der Waals surface area contributed by atoms with Gasteiger partial charge < -0.3 is 10.6 Å². The van der Waals surface area contributed by atoms with E-state index < -0.39 is 0 Å². The van der Waals surface area contributed by atoms with Crippen LogP contribution >= 0.6 is 11.3 Å². The predicted molar refractivity (Wildman–Crippen MR) is 105 cm³/mol. The van der Waals surface area contributed by atoms with E-state index in [0.29, 0.717) is 34.8 Å². The van der Waals surface area contributed by atoms with Crippen LogP contribution in [0, 0.1) is 19.7 Å². The molecule has 3 aromatic rings. The number of aryl methyl sites for hydroxylation is 2. The molecule has 3 rings (SSSR count). The van der Waals surface area contributed by atoms with Gasteiger partial charge >= 0.3 is 0 Å². The van der Waals surface area contributed by atoms with E-state index in [1.165, 1.54) is 28.3 Å². The van der Waals surface area contributed by atoms with Crippen molar-refractivity contribution in [3.05, 3.63) is 63.6 Å². The van der Waals surface area contributed by atoms with Crippen molar-refractivity contribution in [2.75, 3.05) is 11.9 Å². The topological polar surface area (TPSA) is 88.9 Å². The third-order valence-corrected chi connectivity index (χ3v) is 5.05. The van der Waals surface area contributed by atoms with Crippen molar-refractivity contribution >= 4 is 28.8 Å². The minimum absolute atomic E-state index is 0.00579. The van der Waals surface area contributed by atoms with Gasteiger partial charge in [-0.1, -0.05) is 18.2 Å². The number of carbonyl (C=O) groups is 2. The van der Waals surface area contributed by atoms with Crippen molar-refractivity contribution in [2.45, 2.75) is 26.8 Å². The summed E-state index contributed by atoms with van der Waals surface area (Å²) in [6.45, 7) is 3.96. The number of rotatable bonds is 7. The van der Waals surface area contributed by atoms with E-state index in [1.54, 1.807) is 31.3 Å². The van der Waals surface area contributed by atoms with Gasteiger partial charge in [-0.05, 0) is 31.9 Å². The molecule has 0 bridgehead atoms. The third kappa shape index (κ3) is 5.01. The highest BCUT2D eigenvalue weighted by Gasteiger charge is 2.15. The van der Waals surface area contributed by atoms with Crippen molar-refractivity contribution in [3.63, 3.8) is 0 Å². The maximum Gasteiger partial charge on any atom is 0.267 e. The van der Waals surface area contributed by atoms with E-state index in [2.05, 4.69) is 20.7 Å². The van der Waals surface area contributed by atoms with Gasteiger partial charge in [0.15, 0.2) is 0 Å². The Morgan fingerprint density at radius 2 is 2.04 bits per heavy atom. The molecule has 0 aliphatic heterocycles. The fourth-order valence-corrected chi connectivity index (χ4v) is 3.50. The smallest absolute Gasteiger partial charge is 0.267 e. The number of nitrogens with one attached hydrogen (secondary N) is 2. The number of nitrogens with zero attached hydrogens (tertiary/aromatic N) is 3. The van der Waals surface area contributed by atoms with Crippen LogP contribution in [0.2, 0.25) is 0 Å².